The number of rotatable bonds is 1. The quantitative estimate of drug-likeness (QED) is 0.696. The normalized spacial score (nSPS) is 16.1. The van der Waals surface area contributed by atoms with Crippen LogP contribution in [0.25, 0.3) is 0 Å². The topological polar surface area (TPSA) is 75.0 Å². The van der Waals surface area contributed by atoms with Gasteiger partial charge in [-0.1, -0.05) is 11.6 Å². The highest BCUT2D eigenvalue weighted by molar-refractivity contribution is 5.99. The van der Waals surface area contributed by atoms with E-state index in [0.717, 1.165) is 18.7 Å². The van der Waals surface area contributed by atoms with Crippen LogP contribution in [0.15, 0.2) is 11.6 Å². The molecule has 0 aromatic carbocycles. The average Bonchev–Trinajstić information content (AvgIpc) is 2.58. The van der Waals surface area contributed by atoms with Gasteiger partial charge in [0.15, 0.2) is 5.82 Å². The molecule has 16 heavy (non-hydrogen) atoms. The standard InChI is InChI=1S/C11H16N4O/c1-7-4-3-5-15(6-7)11(16)9-8(2)13-14-10(9)12/h4H,3,5-6H2,1-2H3,(H3,12,13,14). The Hall–Kier alpha value is -1.78. The Morgan fingerprint density at radius 2 is 2.31 bits per heavy atom. The van der Waals surface area contributed by atoms with Crippen molar-refractivity contribution >= 4 is 11.7 Å². The van der Waals surface area contributed by atoms with E-state index in [4.69, 9.17) is 5.73 Å². The van der Waals surface area contributed by atoms with Gasteiger partial charge in [-0.15, -0.1) is 0 Å². The molecule has 1 aliphatic heterocycles. The molecule has 86 valence electrons. The van der Waals surface area contributed by atoms with Crippen molar-refractivity contribution in [2.45, 2.75) is 20.3 Å². The third kappa shape index (κ3) is 1.80. The van der Waals surface area contributed by atoms with Gasteiger partial charge >= 0.3 is 0 Å². The van der Waals surface area contributed by atoms with Crippen LogP contribution >= 0.6 is 0 Å². The fourth-order valence-corrected chi connectivity index (χ4v) is 1.96. The molecular formula is C11H16N4O. The van der Waals surface area contributed by atoms with Crippen molar-refractivity contribution in [3.63, 3.8) is 0 Å². The number of hydrogen-bond donors (Lipinski definition) is 2. The summed E-state index contributed by atoms with van der Waals surface area (Å²) in [6.45, 7) is 5.28. The van der Waals surface area contributed by atoms with Crippen LogP contribution in [-0.2, 0) is 0 Å². The van der Waals surface area contributed by atoms with Crippen LogP contribution in [0.3, 0.4) is 0 Å². The van der Waals surface area contributed by atoms with Crippen LogP contribution in [-0.4, -0.2) is 34.1 Å². The van der Waals surface area contributed by atoms with E-state index in [9.17, 15) is 4.79 Å². The molecule has 3 N–H and O–H groups in total. The van der Waals surface area contributed by atoms with E-state index in [0.29, 0.717) is 12.1 Å². The van der Waals surface area contributed by atoms with Crippen LogP contribution < -0.4 is 5.73 Å². The lowest BCUT2D eigenvalue weighted by molar-refractivity contribution is 0.0766. The lowest BCUT2D eigenvalue weighted by atomic mass is 10.1. The number of aryl methyl sites for hydroxylation is 1. The van der Waals surface area contributed by atoms with Gasteiger partial charge in [-0.3, -0.25) is 9.89 Å². The molecule has 0 unspecified atom stereocenters. The smallest absolute Gasteiger partial charge is 0.259 e. The molecule has 2 rings (SSSR count). The minimum absolute atomic E-state index is 0.0313. The summed E-state index contributed by atoms with van der Waals surface area (Å²) in [6.07, 6.45) is 3.07. The molecule has 0 fully saturated rings. The Morgan fingerprint density at radius 1 is 1.56 bits per heavy atom. The summed E-state index contributed by atoms with van der Waals surface area (Å²) < 4.78 is 0. The molecule has 0 saturated carbocycles. The van der Waals surface area contributed by atoms with E-state index in [2.05, 4.69) is 16.3 Å². The molecule has 0 bridgehead atoms. The first-order chi connectivity index (χ1) is 7.59. The highest BCUT2D eigenvalue weighted by Crippen LogP contribution is 2.18. The van der Waals surface area contributed by atoms with Gasteiger partial charge in [0.05, 0.1) is 0 Å². The van der Waals surface area contributed by atoms with E-state index in [1.807, 2.05) is 18.7 Å². The summed E-state index contributed by atoms with van der Waals surface area (Å²) >= 11 is 0. The molecule has 2 heterocycles. The number of hydrogen-bond acceptors (Lipinski definition) is 3. The van der Waals surface area contributed by atoms with Crippen molar-refractivity contribution in [1.82, 2.24) is 15.1 Å². The zero-order chi connectivity index (χ0) is 11.7. The molecule has 0 spiro atoms. The summed E-state index contributed by atoms with van der Waals surface area (Å²) in [5, 5.41) is 6.57. The van der Waals surface area contributed by atoms with E-state index in [1.54, 1.807) is 0 Å². The molecule has 0 atom stereocenters. The van der Waals surface area contributed by atoms with Gasteiger partial charge in [0.25, 0.3) is 5.91 Å². The highest BCUT2D eigenvalue weighted by atomic mass is 16.2. The SMILES string of the molecule is CC1=CCCN(C(=O)c2c(N)n[nH]c2C)C1. The summed E-state index contributed by atoms with van der Waals surface area (Å²) in [6, 6.07) is 0. The van der Waals surface area contributed by atoms with Gasteiger partial charge in [0, 0.05) is 18.8 Å². The minimum Gasteiger partial charge on any atom is -0.382 e. The van der Waals surface area contributed by atoms with Gasteiger partial charge in [0.2, 0.25) is 0 Å². The van der Waals surface area contributed by atoms with Gasteiger partial charge in [0.1, 0.15) is 5.56 Å². The highest BCUT2D eigenvalue weighted by Gasteiger charge is 2.23. The molecule has 0 saturated heterocycles. The fourth-order valence-electron chi connectivity index (χ4n) is 1.96. The average molecular weight is 220 g/mol. The van der Waals surface area contributed by atoms with Crippen LogP contribution in [0.5, 0.6) is 0 Å². The maximum Gasteiger partial charge on any atom is 0.259 e. The monoisotopic (exact) mass is 220 g/mol. The fraction of sp³-hybridized carbons (Fsp3) is 0.455. The van der Waals surface area contributed by atoms with Crippen molar-refractivity contribution in [3.05, 3.63) is 22.9 Å². The summed E-state index contributed by atoms with van der Waals surface area (Å²) in [4.78, 5) is 14.0. The Balaban J connectivity index is 2.23. The lowest BCUT2D eigenvalue weighted by Gasteiger charge is -2.26. The lowest BCUT2D eigenvalue weighted by Crippen LogP contribution is -2.35. The molecular weight excluding hydrogens is 204 g/mol. The van der Waals surface area contributed by atoms with Crippen molar-refractivity contribution in [2.24, 2.45) is 0 Å². The van der Waals surface area contributed by atoms with Crippen LogP contribution in [0.1, 0.15) is 29.4 Å². The number of nitrogens with zero attached hydrogens (tertiary/aromatic N) is 2. The van der Waals surface area contributed by atoms with Crippen molar-refractivity contribution < 1.29 is 4.79 Å². The summed E-state index contributed by atoms with van der Waals surface area (Å²) in [5.41, 5.74) is 8.14. The Bertz CT molecular complexity index is 427. The molecule has 1 aromatic heterocycles. The zero-order valence-electron chi connectivity index (χ0n) is 9.58. The summed E-state index contributed by atoms with van der Waals surface area (Å²) in [7, 11) is 0. The second kappa shape index (κ2) is 4.00. The molecule has 5 nitrogen and oxygen atoms in total. The maximum atomic E-state index is 12.2. The predicted octanol–water partition coefficient (Wildman–Crippen LogP) is 1.09. The van der Waals surface area contributed by atoms with Gasteiger partial charge in [-0.25, -0.2) is 0 Å². The Labute approximate surface area is 94.3 Å². The van der Waals surface area contributed by atoms with E-state index < -0.39 is 0 Å². The number of carbonyl (C=O) groups is 1. The molecule has 0 radical (unpaired) electrons. The van der Waals surface area contributed by atoms with Gasteiger partial charge < -0.3 is 10.6 Å². The second-order valence-electron chi connectivity index (χ2n) is 4.17. The van der Waals surface area contributed by atoms with Gasteiger partial charge in [-0.05, 0) is 20.3 Å². The van der Waals surface area contributed by atoms with Crippen molar-refractivity contribution in [1.29, 1.82) is 0 Å². The molecule has 1 amide bonds. The number of nitrogens with one attached hydrogen (secondary N) is 1. The molecule has 0 aliphatic carbocycles. The van der Waals surface area contributed by atoms with E-state index in [1.165, 1.54) is 5.57 Å². The molecule has 1 aromatic rings. The first-order valence-electron chi connectivity index (χ1n) is 5.35. The third-order valence-electron chi connectivity index (χ3n) is 2.81. The number of carbonyl (C=O) groups excluding carboxylic acids is 1. The molecule has 1 aliphatic rings. The van der Waals surface area contributed by atoms with Gasteiger partial charge in [-0.2, -0.15) is 5.10 Å². The number of nitrogen functional groups attached to an aromatic ring is 1. The number of aromatic nitrogens is 2. The Morgan fingerprint density at radius 3 is 2.88 bits per heavy atom. The summed E-state index contributed by atoms with van der Waals surface area (Å²) in [5.74, 6) is 0.255. The van der Waals surface area contributed by atoms with Crippen LogP contribution in [0.2, 0.25) is 0 Å². The number of amides is 1. The Kier molecular flexibility index (Phi) is 2.68. The zero-order valence-corrected chi connectivity index (χ0v) is 9.58. The van der Waals surface area contributed by atoms with Crippen molar-refractivity contribution in [2.75, 3.05) is 18.8 Å². The predicted molar refractivity (Wildman–Crippen MR) is 62.0 cm³/mol. The third-order valence-corrected chi connectivity index (χ3v) is 2.81. The van der Waals surface area contributed by atoms with Crippen LogP contribution in [0, 0.1) is 6.92 Å². The number of nitrogens with two attached hydrogens (primary N) is 1. The largest absolute Gasteiger partial charge is 0.382 e. The first kappa shape index (κ1) is 10.7. The first-order valence-corrected chi connectivity index (χ1v) is 5.35. The minimum atomic E-state index is -0.0313. The van der Waals surface area contributed by atoms with E-state index in [-0.39, 0.29) is 11.7 Å². The molecule has 5 heteroatoms. The maximum absolute atomic E-state index is 12.2. The van der Waals surface area contributed by atoms with E-state index >= 15 is 0 Å². The number of aromatic amines is 1. The van der Waals surface area contributed by atoms with Crippen LogP contribution in [0.4, 0.5) is 5.82 Å². The number of H-pyrrole nitrogens is 1. The second-order valence-corrected chi connectivity index (χ2v) is 4.17. The van der Waals surface area contributed by atoms with Crippen molar-refractivity contribution in [3.8, 4) is 0 Å². The number of anilines is 1.